The van der Waals surface area contributed by atoms with Crippen LogP contribution in [0.2, 0.25) is 0 Å². The molecule has 0 spiro atoms. The molecule has 82 valence electrons. The van der Waals surface area contributed by atoms with Crippen molar-refractivity contribution in [2.45, 2.75) is 39.2 Å². The number of nitrogens with two attached hydrogens (primary N) is 1. The molecule has 1 saturated heterocycles. The Hall–Kier alpha value is -1.25. The van der Waals surface area contributed by atoms with Gasteiger partial charge in [-0.2, -0.15) is 0 Å². The SMILES string of the molecule is Cc1cnc(N2CCCC[C@H]2C)c(N)c1. The van der Waals surface area contributed by atoms with Crippen LogP contribution in [0.4, 0.5) is 11.5 Å². The van der Waals surface area contributed by atoms with Crippen LogP contribution in [0.25, 0.3) is 0 Å². The predicted molar refractivity (Wildman–Crippen MR) is 64.0 cm³/mol. The van der Waals surface area contributed by atoms with Gasteiger partial charge in [0.2, 0.25) is 0 Å². The first-order valence-electron chi connectivity index (χ1n) is 5.67. The highest BCUT2D eigenvalue weighted by atomic mass is 15.2. The zero-order valence-corrected chi connectivity index (χ0v) is 9.53. The summed E-state index contributed by atoms with van der Waals surface area (Å²) in [7, 11) is 0. The molecule has 1 aliphatic heterocycles. The molecule has 3 heteroatoms. The molecule has 1 fully saturated rings. The first-order chi connectivity index (χ1) is 7.18. The van der Waals surface area contributed by atoms with Crippen LogP contribution in [0.1, 0.15) is 31.7 Å². The van der Waals surface area contributed by atoms with Crippen molar-refractivity contribution in [3.8, 4) is 0 Å². The van der Waals surface area contributed by atoms with E-state index in [0.29, 0.717) is 6.04 Å². The average Bonchev–Trinajstić information content (AvgIpc) is 2.20. The lowest BCUT2D eigenvalue weighted by atomic mass is 10.0. The Kier molecular flexibility index (Phi) is 2.80. The van der Waals surface area contributed by atoms with E-state index < -0.39 is 0 Å². The molecule has 15 heavy (non-hydrogen) atoms. The Morgan fingerprint density at radius 1 is 1.47 bits per heavy atom. The zero-order valence-electron chi connectivity index (χ0n) is 9.53. The summed E-state index contributed by atoms with van der Waals surface area (Å²) < 4.78 is 0. The first-order valence-corrected chi connectivity index (χ1v) is 5.67. The topological polar surface area (TPSA) is 42.2 Å². The van der Waals surface area contributed by atoms with E-state index in [-0.39, 0.29) is 0 Å². The first kappa shape index (κ1) is 10.3. The number of hydrogen-bond acceptors (Lipinski definition) is 3. The maximum Gasteiger partial charge on any atom is 0.152 e. The summed E-state index contributed by atoms with van der Waals surface area (Å²) in [6, 6.07) is 2.57. The van der Waals surface area contributed by atoms with Crippen LogP contribution in [0, 0.1) is 6.92 Å². The molecule has 2 heterocycles. The largest absolute Gasteiger partial charge is 0.396 e. The number of nitrogen functional groups attached to an aromatic ring is 1. The Labute approximate surface area is 91.3 Å². The van der Waals surface area contributed by atoms with Gasteiger partial charge in [0.25, 0.3) is 0 Å². The second-order valence-corrected chi connectivity index (χ2v) is 4.46. The van der Waals surface area contributed by atoms with E-state index in [1.54, 1.807) is 0 Å². The molecule has 1 aliphatic rings. The van der Waals surface area contributed by atoms with Crippen LogP contribution in [0.15, 0.2) is 12.3 Å². The molecule has 2 rings (SSSR count). The molecule has 0 bridgehead atoms. The van der Waals surface area contributed by atoms with Crippen molar-refractivity contribution in [2.24, 2.45) is 0 Å². The number of aryl methyl sites for hydroxylation is 1. The standard InChI is InChI=1S/C12H19N3/c1-9-7-11(13)12(14-8-9)15-6-4-3-5-10(15)2/h7-8,10H,3-6,13H2,1-2H3/t10-/m1/s1. The average molecular weight is 205 g/mol. The quantitative estimate of drug-likeness (QED) is 0.765. The van der Waals surface area contributed by atoms with Crippen LogP contribution in [0.5, 0.6) is 0 Å². The van der Waals surface area contributed by atoms with Gasteiger partial charge >= 0.3 is 0 Å². The third-order valence-corrected chi connectivity index (χ3v) is 3.11. The highest BCUT2D eigenvalue weighted by Crippen LogP contribution is 2.27. The van der Waals surface area contributed by atoms with E-state index in [1.807, 2.05) is 19.2 Å². The van der Waals surface area contributed by atoms with Gasteiger partial charge in [-0.15, -0.1) is 0 Å². The number of hydrogen-bond donors (Lipinski definition) is 1. The number of nitrogens with zero attached hydrogens (tertiary/aromatic N) is 2. The van der Waals surface area contributed by atoms with E-state index in [9.17, 15) is 0 Å². The van der Waals surface area contributed by atoms with Crippen molar-refractivity contribution in [1.82, 2.24) is 4.98 Å². The van der Waals surface area contributed by atoms with Crippen LogP contribution in [-0.2, 0) is 0 Å². The fourth-order valence-electron chi connectivity index (χ4n) is 2.24. The summed E-state index contributed by atoms with van der Waals surface area (Å²) in [5.41, 5.74) is 7.95. The molecule has 2 N–H and O–H groups in total. The third-order valence-electron chi connectivity index (χ3n) is 3.11. The minimum Gasteiger partial charge on any atom is -0.396 e. The van der Waals surface area contributed by atoms with Crippen molar-refractivity contribution in [3.63, 3.8) is 0 Å². The van der Waals surface area contributed by atoms with Gasteiger partial charge in [-0.25, -0.2) is 4.98 Å². The van der Waals surface area contributed by atoms with Crippen molar-refractivity contribution >= 4 is 11.5 Å². The molecular formula is C12H19N3. The Morgan fingerprint density at radius 2 is 2.27 bits per heavy atom. The number of piperidine rings is 1. The van der Waals surface area contributed by atoms with Gasteiger partial charge in [0.05, 0.1) is 5.69 Å². The molecule has 0 amide bonds. The summed E-state index contributed by atoms with van der Waals surface area (Å²) in [5.74, 6) is 0.966. The highest BCUT2D eigenvalue weighted by molar-refractivity contribution is 5.63. The van der Waals surface area contributed by atoms with Gasteiger partial charge in [0, 0.05) is 18.8 Å². The Balaban J connectivity index is 2.27. The molecule has 0 aromatic carbocycles. The normalized spacial score (nSPS) is 21.7. The summed E-state index contributed by atoms with van der Waals surface area (Å²) in [6.07, 6.45) is 5.71. The predicted octanol–water partition coefficient (Wildman–Crippen LogP) is 2.35. The van der Waals surface area contributed by atoms with Gasteiger partial charge in [0.1, 0.15) is 0 Å². The molecule has 0 unspecified atom stereocenters. The maximum absolute atomic E-state index is 6.01. The summed E-state index contributed by atoms with van der Waals surface area (Å²) in [4.78, 5) is 6.78. The smallest absolute Gasteiger partial charge is 0.152 e. The fraction of sp³-hybridized carbons (Fsp3) is 0.583. The monoisotopic (exact) mass is 205 g/mol. The van der Waals surface area contributed by atoms with E-state index >= 15 is 0 Å². The summed E-state index contributed by atoms with van der Waals surface area (Å²) in [5, 5.41) is 0. The molecule has 0 radical (unpaired) electrons. The molecule has 1 aromatic heterocycles. The summed E-state index contributed by atoms with van der Waals surface area (Å²) >= 11 is 0. The molecule has 0 aliphatic carbocycles. The minimum absolute atomic E-state index is 0.566. The van der Waals surface area contributed by atoms with Gasteiger partial charge < -0.3 is 10.6 Å². The van der Waals surface area contributed by atoms with Crippen LogP contribution in [-0.4, -0.2) is 17.6 Å². The van der Waals surface area contributed by atoms with Crippen LogP contribution in [0.3, 0.4) is 0 Å². The number of aromatic nitrogens is 1. The van der Waals surface area contributed by atoms with E-state index in [4.69, 9.17) is 5.73 Å². The summed E-state index contributed by atoms with van der Waals surface area (Å²) in [6.45, 7) is 5.36. The van der Waals surface area contributed by atoms with Crippen LogP contribution >= 0.6 is 0 Å². The molecule has 0 saturated carbocycles. The fourth-order valence-corrected chi connectivity index (χ4v) is 2.24. The number of rotatable bonds is 1. The van der Waals surface area contributed by atoms with Gasteiger partial charge in [0.15, 0.2) is 5.82 Å². The lowest BCUT2D eigenvalue weighted by Gasteiger charge is -2.35. The van der Waals surface area contributed by atoms with Crippen molar-refractivity contribution in [2.75, 3.05) is 17.2 Å². The molecule has 1 aromatic rings. The van der Waals surface area contributed by atoms with Crippen LogP contribution < -0.4 is 10.6 Å². The Morgan fingerprint density at radius 3 is 2.93 bits per heavy atom. The number of pyridine rings is 1. The molecular weight excluding hydrogens is 186 g/mol. The minimum atomic E-state index is 0.566. The second-order valence-electron chi connectivity index (χ2n) is 4.46. The van der Waals surface area contributed by atoms with Gasteiger partial charge in [-0.3, -0.25) is 0 Å². The van der Waals surface area contributed by atoms with E-state index in [1.165, 1.54) is 19.3 Å². The lowest BCUT2D eigenvalue weighted by Crippen LogP contribution is -2.38. The third kappa shape index (κ3) is 2.06. The lowest BCUT2D eigenvalue weighted by molar-refractivity contribution is 0.481. The van der Waals surface area contributed by atoms with Crippen molar-refractivity contribution in [1.29, 1.82) is 0 Å². The maximum atomic E-state index is 6.01. The molecule has 3 nitrogen and oxygen atoms in total. The van der Waals surface area contributed by atoms with E-state index in [2.05, 4.69) is 16.8 Å². The Bertz CT molecular complexity index is 349. The second kappa shape index (κ2) is 4.09. The van der Waals surface area contributed by atoms with Crippen molar-refractivity contribution in [3.05, 3.63) is 17.8 Å². The molecule has 1 atom stereocenters. The van der Waals surface area contributed by atoms with Gasteiger partial charge in [-0.05, 0) is 44.7 Å². The number of anilines is 2. The van der Waals surface area contributed by atoms with Gasteiger partial charge in [-0.1, -0.05) is 0 Å². The highest BCUT2D eigenvalue weighted by Gasteiger charge is 2.21. The van der Waals surface area contributed by atoms with Crippen molar-refractivity contribution < 1.29 is 0 Å². The van der Waals surface area contributed by atoms with E-state index in [0.717, 1.165) is 23.6 Å². The zero-order chi connectivity index (χ0) is 10.8.